The second kappa shape index (κ2) is 5.46. The predicted octanol–water partition coefficient (Wildman–Crippen LogP) is 3.74. The second-order valence-electron chi connectivity index (χ2n) is 3.47. The lowest BCUT2D eigenvalue weighted by atomic mass is 10.2. The van der Waals surface area contributed by atoms with Gasteiger partial charge < -0.3 is 4.90 Å². The van der Waals surface area contributed by atoms with Crippen molar-refractivity contribution in [1.29, 1.82) is 0 Å². The van der Waals surface area contributed by atoms with E-state index in [-0.39, 0.29) is 0 Å². The summed E-state index contributed by atoms with van der Waals surface area (Å²) in [5.74, 6) is 3.00. The minimum atomic E-state index is 0.570. The van der Waals surface area contributed by atoms with Crippen molar-refractivity contribution in [2.45, 2.75) is 5.88 Å². The van der Waals surface area contributed by atoms with Crippen molar-refractivity contribution < 1.29 is 0 Å². The highest BCUT2D eigenvalue weighted by Crippen LogP contribution is 2.30. The SMILES string of the molecule is ClCc1c(Br)cccc1N1CCSCC1. The van der Waals surface area contributed by atoms with Crippen LogP contribution in [0, 0.1) is 0 Å². The van der Waals surface area contributed by atoms with E-state index in [1.54, 1.807) is 0 Å². The first kappa shape index (κ1) is 11.6. The monoisotopic (exact) mass is 305 g/mol. The molecule has 1 heterocycles. The molecule has 0 spiro atoms. The van der Waals surface area contributed by atoms with Crippen LogP contribution >= 0.6 is 39.3 Å². The van der Waals surface area contributed by atoms with Crippen molar-refractivity contribution in [1.82, 2.24) is 0 Å². The Morgan fingerprint density at radius 2 is 2.07 bits per heavy atom. The fraction of sp³-hybridized carbons (Fsp3) is 0.455. The molecule has 1 aromatic carbocycles. The number of hydrogen-bond acceptors (Lipinski definition) is 2. The van der Waals surface area contributed by atoms with Gasteiger partial charge in [-0.05, 0) is 12.1 Å². The smallest absolute Gasteiger partial charge is 0.0505 e. The zero-order chi connectivity index (χ0) is 10.7. The Morgan fingerprint density at radius 1 is 1.33 bits per heavy atom. The molecule has 0 N–H and O–H groups in total. The maximum Gasteiger partial charge on any atom is 0.0505 e. The van der Waals surface area contributed by atoms with E-state index in [0.29, 0.717) is 5.88 Å². The molecule has 1 saturated heterocycles. The molecule has 4 heteroatoms. The Kier molecular flexibility index (Phi) is 4.23. The topological polar surface area (TPSA) is 3.24 Å². The van der Waals surface area contributed by atoms with E-state index in [4.69, 9.17) is 11.6 Å². The summed E-state index contributed by atoms with van der Waals surface area (Å²) in [6.45, 7) is 2.26. The van der Waals surface area contributed by atoms with Gasteiger partial charge in [0.05, 0.1) is 5.88 Å². The van der Waals surface area contributed by atoms with E-state index in [1.807, 2.05) is 11.8 Å². The molecule has 0 unspecified atom stereocenters. The van der Waals surface area contributed by atoms with Gasteiger partial charge in [-0.1, -0.05) is 22.0 Å². The molecule has 2 rings (SSSR count). The van der Waals surface area contributed by atoms with E-state index in [1.165, 1.54) is 22.8 Å². The summed E-state index contributed by atoms with van der Waals surface area (Å²) in [6.07, 6.45) is 0. The van der Waals surface area contributed by atoms with Crippen LogP contribution in [-0.2, 0) is 5.88 Å². The lowest BCUT2D eigenvalue weighted by Crippen LogP contribution is -2.33. The van der Waals surface area contributed by atoms with E-state index in [0.717, 1.165) is 17.6 Å². The fourth-order valence-corrected chi connectivity index (χ4v) is 3.62. The zero-order valence-electron chi connectivity index (χ0n) is 8.38. The molecule has 1 aliphatic rings. The minimum absolute atomic E-state index is 0.570. The van der Waals surface area contributed by atoms with Crippen molar-refractivity contribution >= 4 is 45.0 Å². The van der Waals surface area contributed by atoms with Gasteiger partial charge in [0.2, 0.25) is 0 Å². The highest BCUT2D eigenvalue weighted by atomic mass is 79.9. The predicted molar refractivity (Wildman–Crippen MR) is 73.2 cm³/mol. The average Bonchev–Trinajstić information content (AvgIpc) is 2.30. The van der Waals surface area contributed by atoms with E-state index in [2.05, 4.69) is 39.0 Å². The highest BCUT2D eigenvalue weighted by molar-refractivity contribution is 9.10. The van der Waals surface area contributed by atoms with Crippen LogP contribution in [0.2, 0.25) is 0 Å². The Balaban J connectivity index is 2.29. The standard InChI is InChI=1S/C11H13BrClNS/c12-10-2-1-3-11(9(10)8-13)14-4-6-15-7-5-14/h1-3H,4-8H2. The number of alkyl halides is 1. The summed E-state index contributed by atoms with van der Waals surface area (Å²) < 4.78 is 1.12. The molecular weight excluding hydrogens is 294 g/mol. The normalized spacial score (nSPS) is 16.8. The van der Waals surface area contributed by atoms with E-state index >= 15 is 0 Å². The minimum Gasteiger partial charge on any atom is -0.370 e. The van der Waals surface area contributed by atoms with Gasteiger partial charge in [-0.15, -0.1) is 11.6 Å². The number of anilines is 1. The third-order valence-electron chi connectivity index (χ3n) is 2.58. The van der Waals surface area contributed by atoms with Crippen LogP contribution in [0.25, 0.3) is 0 Å². The largest absolute Gasteiger partial charge is 0.370 e. The van der Waals surface area contributed by atoms with Gasteiger partial charge in [0, 0.05) is 40.3 Å². The van der Waals surface area contributed by atoms with Crippen LogP contribution in [0.15, 0.2) is 22.7 Å². The molecule has 1 aromatic rings. The van der Waals surface area contributed by atoms with Crippen molar-refractivity contribution in [3.05, 3.63) is 28.2 Å². The number of thioether (sulfide) groups is 1. The van der Waals surface area contributed by atoms with Gasteiger partial charge in [-0.2, -0.15) is 11.8 Å². The molecule has 0 atom stereocenters. The first-order valence-electron chi connectivity index (χ1n) is 4.99. The van der Waals surface area contributed by atoms with Gasteiger partial charge in [0.15, 0.2) is 0 Å². The number of rotatable bonds is 2. The summed E-state index contributed by atoms with van der Waals surface area (Å²) in [6, 6.07) is 6.30. The second-order valence-corrected chi connectivity index (χ2v) is 5.82. The zero-order valence-corrected chi connectivity index (χ0v) is 11.5. The fourth-order valence-electron chi connectivity index (χ4n) is 1.78. The quantitative estimate of drug-likeness (QED) is 0.766. The lowest BCUT2D eigenvalue weighted by Gasteiger charge is -2.30. The Morgan fingerprint density at radius 3 is 2.73 bits per heavy atom. The maximum absolute atomic E-state index is 5.99. The van der Waals surface area contributed by atoms with Gasteiger partial charge in [0.1, 0.15) is 0 Å². The van der Waals surface area contributed by atoms with Crippen LogP contribution in [0.4, 0.5) is 5.69 Å². The van der Waals surface area contributed by atoms with Crippen LogP contribution in [0.5, 0.6) is 0 Å². The summed E-state index contributed by atoms with van der Waals surface area (Å²) in [4.78, 5) is 2.43. The molecule has 0 aliphatic carbocycles. The van der Waals surface area contributed by atoms with Crippen LogP contribution < -0.4 is 4.90 Å². The van der Waals surface area contributed by atoms with Crippen molar-refractivity contribution in [3.63, 3.8) is 0 Å². The van der Waals surface area contributed by atoms with E-state index in [9.17, 15) is 0 Å². The molecule has 0 amide bonds. The van der Waals surface area contributed by atoms with Gasteiger partial charge >= 0.3 is 0 Å². The number of nitrogens with zero attached hydrogens (tertiary/aromatic N) is 1. The summed E-state index contributed by atoms with van der Waals surface area (Å²) in [5.41, 5.74) is 2.51. The van der Waals surface area contributed by atoms with Crippen LogP contribution in [-0.4, -0.2) is 24.6 Å². The molecule has 0 bridgehead atoms. The van der Waals surface area contributed by atoms with Crippen molar-refractivity contribution in [2.24, 2.45) is 0 Å². The number of hydrogen-bond donors (Lipinski definition) is 0. The molecule has 0 saturated carbocycles. The number of benzene rings is 1. The first-order valence-corrected chi connectivity index (χ1v) is 7.47. The van der Waals surface area contributed by atoms with Crippen LogP contribution in [0.3, 0.4) is 0 Å². The lowest BCUT2D eigenvalue weighted by molar-refractivity contribution is 0.853. The molecule has 15 heavy (non-hydrogen) atoms. The molecule has 1 aliphatic heterocycles. The Hall–Kier alpha value is 0.140. The Bertz CT molecular complexity index is 339. The highest BCUT2D eigenvalue weighted by Gasteiger charge is 2.15. The van der Waals surface area contributed by atoms with Crippen molar-refractivity contribution in [2.75, 3.05) is 29.5 Å². The molecule has 0 aromatic heterocycles. The Labute approximate surface area is 108 Å². The molecule has 1 fully saturated rings. The molecule has 82 valence electrons. The third-order valence-corrected chi connectivity index (χ3v) is 4.53. The molecule has 1 nitrogen and oxygen atoms in total. The molecule has 0 radical (unpaired) electrons. The first-order chi connectivity index (χ1) is 7.33. The van der Waals surface area contributed by atoms with Gasteiger partial charge in [-0.3, -0.25) is 0 Å². The summed E-state index contributed by atoms with van der Waals surface area (Å²) in [5, 5.41) is 0. The number of halogens is 2. The summed E-state index contributed by atoms with van der Waals surface area (Å²) >= 11 is 11.6. The third kappa shape index (κ3) is 2.63. The van der Waals surface area contributed by atoms with Crippen LogP contribution in [0.1, 0.15) is 5.56 Å². The van der Waals surface area contributed by atoms with Crippen molar-refractivity contribution in [3.8, 4) is 0 Å². The average molecular weight is 307 g/mol. The molecular formula is C11H13BrClNS. The summed E-state index contributed by atoms with van der Waals surface area (Å²) in [7, 11) is 0. The van der Waals surface area contributed by atoms with E-state index < -0.39 is 0 Å². The van der Waals surface area contributed by atoms with Gasteiger partial charge in [-0.25, -0.2) is 0 Å². The maximum atomic E-state index is 5.99. The van der Waals surface area contributed by atoms with Gasteiger partial charge in [0.25, 0.3) is 0 Å².